The lowest BCUT2D eigenvalue weighted by Gasteiger charge is -2.04. The maximum atomic E-state index is 10.9. The summed E-state index contributed by atoms with van der Waals surface area (Å²) in [4.78, 5) is 23.7. The second kappa shape index (κ2) is 3.85. The van der Waals surface area contributed by atoms with Gasteiger partial charge in [0.2, 0.25) is 5.91 Å². The zero-order valence-electron chi connectivity index (χ0n) is 7.03. The van der Waals surface area contributed by atoms with E-state index in [0.29, 0.717) is 0 Å². The molecule has 7 heteroatoms. The third-order valence-corrected chi connectivity index (χ3v) is 1.33. The summed E-state index contributed by atoms with van der Waals surface area (Å²) in [6, 6.07) is -0.585. The van der Waals surface area contributed by atoms with Gasteiger partial charge in [0.25, 0.3) is 0 Å². The van der Waals surface area contributed by atoms with Crippen molar-refractivity contribution in [2.75, 3.05) is 0 Å². The van der Waals surface area contributed by atoms with Gasteiger partial charge >= 0.3 is 5.76 Å². The van der Waals surface area contributed by atoms with Crippen molar-refractivity contribution in [3.63, 3.8) is 0 Å². The summed E-state index contributed by atoms with van der Waals surface area (Å²) in [7, 11) is 0. The van der Waals surface area contributed by atoms with E-state index in [4.69, 9.17) is 5.73 Å². The normalized spacial score (nSPS) is 12.5. The molecule has 0 aromatic carbocycles. The molecule has 1 atom stereocenters. The van der Waals surface area contributed by atoms with Gasteiger partial charge in [-0.05, 0) is 6.92 Å². The molecule has 0 unspecified atom stereocenters. The zero-order valence-corrected chi connectivity index (χ0v) is 7.03. The van der Waals surface area contributed by atoms with E-state index in [1.807, 2.05) is 0 Å². The van der Waals surface area contributed by atoms with Gasteiger partial charge in [-0.2, -0.15) is 0 Å². The number of aromatic amines is 1. The van der Waals surface area contributed by atoms with E-state index >= 15 is 0 Å². The van der Waals surface area contributed by atoms with E-state index in [2.05, 4.69) is 20.0 Å². The molecule has 0 fully saturated rings. The molecule has 1 aromatic rings. The predicted molar refractivity (Wildman–Crippen MR) is 42.6 cm³/mol. The van der Waals surface area contributed by atoms with Crippen LogP contribution >= 0.6 is 0 Å². The Balaban J connectivity index is 2.44. The van der Waals surface area contributed by atoms with Crippen molar-refractivity contribution >= 4 is 5.91 Å². The first-order valence-corrected chi connectivity index (χ1v) is 3.68. The van der Waals surface area contributed by atoms with Crippen molar-refractivity contribution < 1.29 is 9.32 Å². The van der Waals surface area contributed by atoms with Crippen LogP contribution in [0.15, 0.2) is 9.32 Å². The van der Waals surface area contributed by atoms with E-state index in [0.717, 1.165) is 0 Å². The molecule has 4 N–H and O–H groups in total. The van der Waals surface area contributed by atoms with Crippen LogP contribution in [-0.4, -0.2) is 22.1 Å². The van der Waals surface area contributed by atoms with Crippen molar-refractivity contribution in [2.45, 2.75) is 19.5 Å². The number of amides is 1. The van der Waals surface area contributed by atoms with E-state index in [9.17, 15) is 9.59 Å². The molecule has 7 nitrogen and oxygen atoms in total. The van der Waals surface area contributed by atoms with Crippen molar-refractivity contribution in [3.8, 4) is 0 Å². The Morgan fingerprint density at radius 3 is 3.00 bits per heavy atom. The average molecular weight is 186 g/mol. The molecule has 0 radical (unpaired) electrons. The minimum Gasteiger partial charge on any atom is -0.347 e. The number of hydrogen-bond acceptors (Lipinski definition) is 5. The molecule has 0 saturated heterocycles. The number of carbonyl (C=O) groups excluding carboxylic acids is 1. The monoisotopic (exact) mass is 186 g/mol. The molecule has 72 valence electrons. The molecule has 1 amide bonds. The van der Waals surface area contributed by atoms with Gasteiger partial charge in [0.1, 0.15) is 0 Å². The predicted octanol–water partition coefficient (Wildman–Crippen LogP) is -1.67. The molecular weight excluding hydrogens is 176 g/mol. The highest BCUT2D eigenvalue weighted by Gasteiger charge is 2.07. The van der Waals surface area contributed by atoms with Gasteiger partial charge in [0, 0.05) is 0 Å². The van der Waals surface area contributed by atoms with Crippen LogP contribution < -0.4 is 16.8 Å². The number of H-pyrrole nitrogens is 1. The van der Waals surface area contributed by atoms with Gasteiger partial charge in [0.05, 0.1) is 12.6 Å². The summed E-state index contributed by atoms with van der Waals surface area (Å²) in [5.74, 6) is -0.701. The quantitative estimate of drug-likeness (QED) is 0.522. The average Bonchev–Trinajstić information content (AvgIpc) is 2.47. The minimum absolute atomic E-state index is 0.103. The maximum Gasteiger partial charge on any atom is 0.438 e. The molecular formula is C6H10N4O3. The Bertz CT molecular complexity index is 340. The molecule has 0 aliphatic rings. The second-order valence-corrected chi connectivity index (χ2v) is 2.55. The fourth-order valence-electron chi connectivity index (χ4n) is 0.668. The van der Waals surface area contributed by atoms with Gasteiger partial charge in [-0.15, -0.1) is 0 Å². The molecule has 0 aliphatic heterocycles. The molecule has 0 bridgehead atoms. The van der Waals surface area contributed by atoms with Crippen LogP contribution in [0.25, 0.3) is 0 Å². The Hall–Kier alpha value is -1.63. The van der Waals surface area contributed by atoms with Gasteiger partial charge in [-0.3, -0.25) is 14.3 Å². The number of nitrogens with one attached hydrogen (secondary N) is 2. The summed E-state index contributed by atoms with van der Waals surface area (Å²) < 4.78 is 4.21. The number of hydrogen-bond donors (Lipinski definition) is 3. The van der Waals surface area contributed by atoms with Crippen LogP contribution in [0.4, 0.5) is 0 Å². The van der Waals surface area contributed by atoms with Gasteiger partial charge in [-0.25, -0.2) is 4.79 Å². The van der Waals surface area contributed by atoms with E-state index in [1.165, 1.54) is 0 Å². The van der Waals surface area contributed by atoms with E-state index < -0.39 is 11.8 Å². The summed E-state index contributed by atoms with van der Waals surface area (Å²) in [5, 5.41) is 5.80. The molecule has 0 aliphatic carbocycles. The SMILES string of the molecule is C[C@@H](N)C(=O)NCc1noc(=O)[nH]1. The summed E-state index contributed by atoms with van der Waals surface area (Å²) >= 11 is 0. The molecule has 1 heterocycles. The van der Waals surface area contributed by atoms with Crippen molar-refractivity contribution in [2.24, 2.45) is 5.73 Å². The largest absolute Gasteiger partial charge is 0.438 e. The highest BCUT2D eigenvalue weighted by molar-refractivity contribution is 5.80. The third kappa shape index (κ3) is 2.71. The van der Waals surface area contributed by atoms with Crippen LogP contribution in [0.5, 0.6) is 0 Å². The molecule has 13 heavy (non-hydrogen) atoms. The molecule has 0 saturated carbocycles. The smallest absolute Gasteiger partial charge is 0.347 e. The first-order chi connectivity index (χ1) is 6.09. The van der Waals surface area contributed by atoms with Crippen LogP contribution in [0.3, 0.4) is 0 Å². The second-order valence-electron chi connectivity index (χ2n) is 2.55. The summed E-state index contributed by atoms with van der Waals surface area (Å²) in [6.07, 6.45) is 0. The lowest BCUT2D eigenvalue weighted by molar-refractivity contribution is -0.122. The highest BCUT2D eigenvalue weighted by Crippen LogP contribution is 1.83. The van der Waals surface area contributed by atoms with Crippen molar-refractivity contribution in [1.29, 1.82) is 0 Å². The lowest BCUT2D eigenvalue weighted by atomic mass is 10.3. The molecule has 0 spiro atoms. The maximum absolute atomic E-state index is 10.9. The van der Waals surface area contributed by atoms with Crippen LogP contribution in [0.2, 0.25) is 0 Å². The zero-order chi connectivity index (χ0) is 9.84. The third-order valence-electron chi connectivity index (χ3n) is 1.33. The standard InChI is InChI=1S/C6H10N4O3/c1-3(7)5(11)8-2-4-9-6(12)13-10-4/h3H,2,7H2,1H3,(H,8,11)(H,9,10,12)/t3-/m1/s1. The Kier molecular flexibility index (Phi) is 2.80. The minimum atomic E-state index is -0.648. The number of nitrogens with two attached hydrogens (primary N) is 1. The van der Waals surface area contributed by atoms with E-state index in [-0.39, 0.29) is 18.3 Å². The number of rotatable bonds is 3. The summed E-state index contributed by atoms with van der Waals surface area (Å²) in [6.45, 7) is 1.66. The highest BCUT2D eigenvalue weighted by atomic mass is 16.5. The lowest BCUT2D eigenvalue weighted by Crippen LogP contribution is -2.38. The Labute approximate surface area is 73.3 Å². The molecule has 1 rings (SSSR count). The van der Waals surface area contributed by atoms with Crippen LogP contribution in [0, 0.1) is 0 Å². The number of carbonyl (C=O) groups is 1. The first-order valence-electron chi connectivity index (χ1n) is 3.68. The van der Waals surface area contributed by atoms with Crippen molar-refractivity contribution in [3.05, 3.63) is 16.4 Å². The van der Waals surface area contributed by atoms with Gasteiger partial charge in [0.15, 0.2) is 5.82 Å². The Morgan fingerprint density at radius 1 is 1.85 bits per heavy atom. The fraction of sp³-hybridized carbons (Fsp3) is 0.500. The topological polar surface area (TPSA) is 114 Å². The Morgan fingerprint density at radius 2 is 2.54 bits per heavy atom. The number of nitrogens with zero attached hydrogens (tertiary/aromatic N) is 1. The first kappa shape index (κ1) is 9.46. The summed E-state index contributed by atoms with van der Waals surface area (Å²) in [5.41, 5.74) is 5.28. The van der Waals surface area contributed by atoms with Crippen molar-refractivity contribution in [1.82, 2.24) is 15.5 Å². The fourth-order valence-corrected chi connectivity index (χ4v) is 0.668. The molecule has 1 aromatic heterocycles. The van der Waals surface area contributed by atoms with Crippen LogP contribution in [0.1, 0.15) is 12.7 Å². The number of aromatic nitrogens is 2. The van der Waals surface area contributed by atoms with E-state index in [1.54, 1.807) is 6.92 Å². The van der Waals surface area contributed by atoms with Crippen LogP contribution in [-0.2, 0) is 11.3 Å². The van der Waals surface area contributed by atoms with Gasteiger partial charge < -0.3 is 11.1 Å². The van der Waals surface area contributed by atoms with Gasteiger partial charge in [-0.1, -0.05) is 5.16 Å².